The maximum absolute atomic E-state index is 10.9. The maximum atomic E-state index is 10.9. The Hall–Kier alpha value is -1.58. The van der Waals surface area contributed by atoms with E-state index in [0.29, 0.717) is 11.6 Å². The van der Waals surface area contributed by atoms with Crippen molar-refractivity contribution in [1.29, 1.82) is 0 Å². The number of aryl methyl sites for hydroxylation is 1. The van der Waals surface area contributed by atoms with Crippen LogP contribution in [0.5, 0.6) is 0 Å². The minimum absolute atomic E-state index is 0.180. The van der Waals surface area contributed by atoms with Crippen LogP contribution in [0.1, 0.15) is 45.6 Å². The van der Waals surface area contributed by atoms with Crippen LogP contribution in [0.4, 0.5) is 11.4 Å². The van der Waals surface area contributed by atoms with Gasteiger partial charge in [-0.1, -0.05) is 32.8 Å². The molecule has 0 fully saturated rings. The molecule has 0 heterocycles. The molecule has 4 heteroatoms. The fourth-order valence-corrected chi connectivity index (χ4v) is 2.08. The lowest BCUT2D eigenvalue weighted by atomic mass is 10.0. The smallest absolute Gasteiger partial charge is 0.274 e. The van der Waals surface area contributed by atoms with Gasteiger partial charge < -0.3 is 5.32 Å². The molecule has 1 aromatic rings. The Bertz CT molecular complexity index is 430. The van der Waals surface area contributed by atoms with Gasteiger partial charge >= 0.3 is 0 Å². The lowest BCUT2D eigenvalue weighted by Crippen LogP contribution is -2.15. The summed E-state index contributed by atoms with van der Waals surface area (Å²) in [6.07, 6.45) is 3.49. The molecule has 0 saturated carbocycles. The molecular weight excluding hydrogens is 240 g/mol. The van der Waals surface area contributed by atoms with Gasteiger partial charge in [-0.15, -0.1) is 0 Å². The second kappa shape index (κ2) is 7.12. The summed E-state index contributed by atoms with van der Waals surface area (Å²) in [7, 11) is 0. The molecule has 4 nitrogen and oxygen atoms in total. The Kier molecular flexibility index (Phi) is 5.80. The number of rotatable bonds is 7. The third-order valence-electron chi connectivity index (χ3n) is 3.24. The largest absolute Gasteiger partial charge is 0.382 e. The quantitative estimate of drug-likeness (QED) is 0.581. The number of hydrogen-bond acceptors (Lipinski definition) is 3. The normalized spacial score (nSPS) is 12.5. The highest BCUT2D eigenvalue weighted by atomic mass is 16.6. The predicted octanol–water partition coefficient (Wildman–Crippen LogP) is 4.53. The second-order valence-corrected chi connectivity index (χ2v) is 5.63. The van der Waals surface area contributed by atoms with Gasteiger partial charge in [0.25, 0.3) is 5.69 Å². The molecule has 0 aliphatic heterocycles. The average molecular weight is 264 g/mol. The Morgan fingerprint density at radius 2 is 1.95 bits per heavy atom. The molecule has 1 aromatic carbocycles. The SMILES string of the molecule is Cc1ccc(NC(C)CCCC(C)C)cc1[N+](=O)[O-]. The summed E-state index contributed by atoms with van der Waals surface area (Å²) in [6, 6.07) is 5.65. The van der Waals surface area contributed by atoms with E-state index in [2.05, 4.69) is 26.1 Å². The van der Waals surface area contributed by atoms with Crippen LogP contribution in [0.3, 0.4) is 0 Å². The Morgan fingerprint density at radius 3 is 2.53 bits per heavy atom. The van der Waals surface area contributed by atoms with Crippen molar-refractivity contribution in [2.24, 2.45) is 5.92 Å². The zero-order valence-corrected chi connectivity index (χ0v) is 12.3. The third-order valence-corrected chi connectivity index (χ3v) is 3.24. The molecule has 1 rings (SSSR count). The molecule has 0 bridgehead atoms. The Labute approximate surface area is 115 Å². The van der Waals surface area contributed by atoms with Crippen molar-refractivity contribution in [3.63, 3.8) is 0 Å². The summed E-state index contributed by atoms with van der Waals surface area (Å²) in [5.41, 5.74) is 1.71. The number of nitro groups is 1. The van der Waals surface area contributed by atoms with Gasteiger partial charge in [0.1, 0.15) is 0 Å². The first-order chi connectivity index (χ1) is 8.90. The molecule has 0 amide bonds. The van der Waals surface area contributed by atoms with Crippen molar-refractivity contribution in [3.05, 3.63) is 33.9 Å². The van der Waals surface area contributed by atoms with Gasteiger partial charge in [0.2, 0.25) is 0 Å². The predicted molar refractivity (Wildman–Crippen MR) is 79.6 cm³/mol. The minimum Gasteiger partial charge on any atom is -0.382 e. The van der Waals surface area contributed by atoms with Gasteiger partial charge in [-0.3, -0.25) is 10.1 Å². The third kappa shape index (κ3) is 5.28. The standard InChI is InChI=1S/C15H24N2O2/c1-11(2)6-5-7-13(4)16-14-9-8-12(3)15(10-14)17(18)19/h8-11,13,16H,5-7H2,1-4H3. The molecule has 0 aliphatic rings. The van der Waals surface area contributed by atoms with Crippen LogP contribution in [0.15, 0.2) is 18.2 Å². The average Bonchev–Trinajstić information content (AvgIpc) is 2.30. The first-order valence-corrected chi connectivity index (χ1v) is 6.91. The highest BCUT2D eigenvalue weighted by Gasteiger charge is 2.12. The molecule has 0 aromatic heterocycles. The summed E-state index contributed by atoms with van der Waals surface area (Å²) < 4.78 is 0. The molecule has 0 saturated heterocycles. The number of nitrogens with one attached hydrogen (secondary N) is 1. The van der Waals surface area contributed by atoms with E-state index in [0.717, 1.165) is 18.0 Å². The summed E-state index contributed by atoms with van der Waals surface area (Å²) in [4.78, 5) is 10.6. The van der Waals surface area contributed by atoms with Crippen molar-refractivity contribution in [2.75, 3.05) is 5.32 Å². The molecule has 1 unspecified atom stereocenters. The van der Waals surface area contributed by atoms with Crippen LogP contribution in [-0.4, -0.2) is 11.0 Å². The second-order valence-electron chi connectivity index (χ2n) is 5.63. The molecule has 0 spiro atoms. The van der Waals surface area contributed by atoms with E-state index in [9.17, 15) is 10.1 Å². The highest BCUT2D eigenvalue weighted by molar-refractivity contribution is 5.55. The van der Waals surface area contributed by atoms with E-state index in [4.69, 9.17) is 0 Å². The maximum Gasteiger partial charge on any atom is 0.274 e. The van der Waals surface area contributed by atoms with Gasteiger partial charge in [-0.25, -0.2) is 0 Å². The summed E-state index contributed by atoms with van der Waals surface area (Å²) in [6.45, 7) is 8.32. The van der Waals surface area contributed by atoms with E-state index < -0.39 is 0 Å². The van der Waals surface area contributed by atoms with Crippen molar-refractivity contribution in [1.82, 2.24) is 0 Å². The molecule has 19 heavy (non-hydrogen) atoms. The fraction of sp³-hybridized carbons (Fsp3) is 0.600. The number of benzene rings is 1. The summed E-state index contributed by atoms with van der Waals surface area (Å²) in [5.74, 6) is 0.729. The van der Waals surface area contributed by atoms with Crippen molar-refractivity contribution >= 4 is 11.4 Å². The monoisotopic (exact) mass is 264 g/mol. The first kappa shape index (κ1) is 15.5. The number of hydrogen-bond donors (Lipinski definition) is 1. The zero-order valence-electron chi connectivity index (χ0n) is 12.3. The summed E-state index contributed by atoms with van der Waals surface area (Å²) in [5, 5.41) is 14.2. The van der Waals surface area contributed by atoms with Gasteiger partial charge in [0.15, 0.2) is 0 Å². The highest BCUT2D eigenvalue weighted by Crippen LogP contribution is 2.23. The first-order valence-electron chi connectivity index (χ1n) is 6.91. The van der Waals surface area contributed by atoms with E-state index in [1.54, 1.807) is 19.1 Å². The molecule has 106 valence electrons. The lowest BCUT2D eigenvalue weighted by molar-refractivity contribution is -0.385. The van der Waals surface area contributed by atoms with Gasteiger partial charge in [-0.2, -0.15) is 0 Å². The fourth-order valence-electron chi connectivity index (χ4n) is 2.08. The molecule has 0 radical (unpaired) electrons. The molecular formula is C15H24N2O2. The van der Waals surface area contributed by atoms with Crippen LogP contribution >= 0.6 is 0 Å². The van der Waals surface area contributed by atoms with Crippen LogP contribution in [-0.2, 0) is 0 Å². The Morgan fingerprint density at radius 1 is 1.26 bits per heavy atom. The van der Waals surface area contributed by atoms with E-state index >= 15 is 0 Å². The molecule has 1 atom stereocenters. The lowest BCUT2D eigenvalue weighted by Gasteiger charge is -2.16. The number of anilines is 1. The van der Waals surface area contributed by atoms with Crippen molar-refractivity contribution < 1.29 is 4.92 Å². The minimum atomic E-state index is -0.329. The molecule has 0 aliphatic carbocycles. The van der Waals surface area contributed by atoms with Crippen molar-refractivity contribution in [2.45, 2.75) is 53.0 Å². The van der Waals surface area contributed by atoms with Crippen LogP contribution in [0.25, 0.3) is 0 Å². The topological polar surface area (TPSA) is 55.2 Å². The van der Waals surface area contributed by atoms with Crippen molar-refractivity contribution in [3.8, 4) is 0 Å². The number of nitrogens with zero attached hydrogens (tertiary/aromatic N) is 1. The van der Waals surface area contributed by atoms with Crippen LogP contribution in [0.2, 0.25) is 0 Å². The Balaban J connectivity index is 2.57. The van der Waals surface area contributed by atoms with Crippen LogP contribution < -0.4 is 5.32 Å². The zero-order chi connectivity index (χ0) is 14.4. The van der Waals surface area contributed by atoms with E-state index in [1.165, 1.54) is 12.8 Å². The van der Waals surface area contributed by atoms with Crippen LogP contribution in [0, 0.1) is 23.0 Å². The van der Waals surface area contributed by atoms with Gasteiger partial charge in [0.05, 0.1) is 4.92 Å². The van der Waals surface area contributed by atoms with Gasteiger partial charge in [0, 0.05) is 23.4 Å². The number of nitro benzene ring substituents is 1. The molecule has 1 N–H and O–H groups in total. The van der Waals surface area contributed by atoms with E-state index in [-0.39, 0.29) is 10.6 Å². The van der Waals surface area contributed by atoms with Gasteiger partial charge in [-0.05, 0) is 32.3 Å². The summed E-state index contributed by atoms with van der Waals surface area (Å²) >= 11 is 0. The van der Waals surface area contributed by atoms with E-state index in [1.807, 2.05) is 6.07 Å².